The van der Waals surface area contributed by atoms with Crippen molar-refractivity contribution in [3.8, 4) is 5.75 Å². The van der Waals surface area contributed by atoms with Crippen LogP contribution in [0.25, 0.3) is 0 Å². The Morgan fingerprint density at radius 2 is 2.07 bits per heavy atom. The van der Waals surface area contributed by atoms with Crippen molar-refractivity contribution in [1.82, 2.24) is 0 Å². The molecule has 1 aromatic rings. The number of sulfone groups is 1. The third-order valence-corrected chi connectivity index (χ3v) is 4.10. The first-order valence-corrected chi connectivity index (χ1v) is 5.80. The molecule has 0 aromatic heterocycles. The molecule has 15 heavy (non-hydrogen) atoms. The van der Waals surface area contributed by atoms with E-state index in [4.69, 9.17) is 0 Å². The summed E-state index contributed by atoms with van der Waals surface area (Å²) in [6.45, 7) is 1.47. The topological polar surface area (TPSA) is 83.5 Å². The SMILES string of the molecule is CC1Nc2cccc(O)c2S(=O)(=O)C1=O. The fraction of sp³-hybridized carbons (Fsp3) is 0.222. The van der Waals surface area contributed by atoms with E-state index in [-0.39, 0.29) is 10.6 Å². The molecular weight excluding hydrogens is 218 g/mol. The van der Waals surface area contributed by atoms with Crippen molar-refractivity contribution in [3.63, 3.8) is 0 Å². The van der Waals surface area contributed by atoms with E-state index in [2.05, 4.69) is 5.32 Å². The Kier molecular flexibility index (Phi) is 1.97. The highest BCUT2D eigenvalue weighted by Gasteiger charge is 2.38. The number of benzene rings is 1. The second-order valence-corrected chi connectivity index (χ2v) is 5.16. The summed E-state index contributed by atoms with van der Waals surface area (Å²) >= 11 is 0. The monoisotopic (exact) mass is 227 g/mol. The molecule has 1 aromatic carbocycles. The van der Waals surface area contributed by atoms with Crippen molar-refractivity contribution in [1.29, 1.82) is 0 Å². The van der Waals surface area contributed by atoms with E-state index in [1.807, 2.05) is 0 Å². The van der Waals surface area contributed by atoms with E-state index in [1.165, 1.54) is 25.1 Å². The van der Waals surface area contributed by atoms with E-state index in [0.29, 0.717) is 0 Å². The molecule has 1 aliphatic rings. The van der Waals surface area contributed by atoms with Gasteiger partial charge in [0.2, 0.25) is 9.84 Å². The molecule has 0 fully saturated rings. The maximum Gasteiger partial charge on any atom is 0.273 e. The normalized spacial score (nSPS) is 23.0. The molecule has 80 valence electrons. The third kappa shape index (κ3) is 1.29. The van der Waals surface area contributed by atoms with Crippen LogP contribution in [0.4, 0.5) is 5.69 Å². The minimum absolute atomic E-state index is 0.266. The van der Waals surface area contributed by atoms with E-state index >= 15 is 0 Å². The van der Waals surface area contributed by atoms with Crippen LogP contribution in [0.5, 0.6) is 5.75 Å². The lowest BCUT2D eigenvalue weighted by molar-refractivity contribution is -0.112. The van der Waals surface area contributed by atoms with Gasteiger partial charge in [-0.15, -0.1) is 0 Å². The zero-order valence-electron chi connectivity index (χ0n) is 7.89. The van der Waals surface area contributed by atoms with Crippen LogP contribution in [0.3, 0.4) is 0 Å². The highest BCUT2D eigenvalue weighted by molar-refractivity contribution is 8.06. The molecule has 0 aliphatic carbocycles. The fourth-order valence-electron chi connectivity index (χ4n) is 1.55. The fourth-order valence-corrected chi connectivity index (χ4v) is 3.03. The molecule has 0 saturated carbocycles. The van der Waals surface area contributed by atoms with Gasteiger partial charge in [-0.25, -0.2) is 8.42 Å². The van der Waals surface area contributed by atoms with Crippen LogP contribution in [0.15, 0.2) is 23.1 Å². The van der Waals surface area contributed by atoms with Gasteiger partial charge >= 0.3 is 0 Å². The highest BCUT2D eigenvalue weighted by atomic mass is 32.2. The minimum Gasteiger partial charge on any atom is -0.506 e. The summed E-state index contributed by atoms with van der Waals surface area (Å²) in [7, 11) is -4.05. The van der Waals surface area contributed by atoms with Gasteiger partial charge in [0, 0.05) is 0 Å². The molecule has 2 rings (SSSR count). The van der Waals surface area contributed by atoms with Crippen LogP contribution in [0, 0.1) is 0 Å². The maximum atomic E-state index is 11.7. The standard InChI is InChI=1S/C9H9NO4S/c1-5-9(12)15(13,14)8-6(10-5)3-2-4-7(8)11/h2-5,10-11H,1H3. The highest BCUT2D eigenvalue weighted by Crippen LogP contribution is 2.35. The first-order chi connectivity index (χ1) is 6.94. The smallest absolute Gasteiger partial charge is 0.273 e. The number of nitrogens with one attached hydrogen (secondary N) is 1. The zero-order valence-corrected chi connectivity index (χ0v) is 8.71. The first-order valence-electron chi connectivity index (χ1n) is 4.32. The molecule has 1 atom stereocenters. The van der Waals surface area contributed by atoms with Gasteiger partial charge in [-0.3, -0.25) is 4.79 Å². The number of carbonyl (C=O) groups excluding carboxylic acids is 1. The summed E-state index contributed by atoms with van der Waals surface area (Å²) in [5.74, 6) is -0.403. The van der Waals surface area contributed by atoms with Crippen LogP contribution in [-0.4, -0.2) is 24.7 Å². The van der Waals surface area contributed by atoms with E-state index in [1.54, 1.807) is 0 Å². The molecule has 0 saturated heterocycles. The molecule has 6 heteroatoms. The Balaban J connectivity index is 2.80. The number of aromatic hydroxyl groups is 1. The lowest BCUT2D eigenvalue weighted by atomic mass is 10.2. The molecule has 0 spiro atoms. The summed E-state index contributed by atoms with van der Waals surface area (Å²) in [6, 6.07) is 3.47. The quantitative estimate of drug-likeness (QED) is 0.674. The minimum atomic E-state index is -4.05. The van der Waals surface area contributed by atoms with Crippen LogP contribution < -0.4 is 5.32 Å². The molecule has 2 N–H and O–H groups in total. The molecule has 0 radical (unpaired) electrons. The number of carbonyl (C=O) groups is 1. The molecule has 1 aliphatic heterocycles. The second kappa shape index (κ2) is 2.96. The lowest BCUT2D eigenvalue weighted by Gasteiger charge is -2.22. The Morgan fingerprint density at radius 1 is 1.40 bits per heavy atom. The predicted octanol–water partition coefficient (Wildman–Crippen LogP) is 0.506. The van der Waals surface area contributed by atoms with Crippen molar-refractivity contribution in [2.24, 2.45) is 0 Å². The maximum absolute atomic E-state index is 11.7. The average molecular weight is 227 g/mol. The van der Waals surface area contributed by atoms with E-state index in [9.17, 15) is 18.3 Å². The van der Waals surface area contributed by atoms with Crippen LogP contribution in [0.2, 0.25) is 0 Å². The number of anilines is 1. The summed E-state index contributed by atoms with van der Waals surface area (Å²) in [5.41, 5.74) is 0.266. The van der Waals surface area contributed by atoms with Gasteiger partial charge in [0.1, 0.15) is 10.6 Å². The largest absolute Gasteiger partial charge is 0.506 e. The third-order valence-electron chi connectivity index (χ3n) is 2.25. The van der Waals surface area contributed by atoms with E-state index in [0.717, 1.165) is 0 Å². The number of rotatable bonds is 0. The van der Waals surface area contributed by atoms with Crippen molar-refractivity contribution in [2.45, 2.75) is 17.9 Å². The molecule has 0 bridgehead atoms. The number of phenolic OH excluding ortho intramolecular Hbond substituents is 1. The number of phenols is 1. The second-order valence-electron chi connectivity index (χ2n) is 3.34. The van der Waals surface area contributed by atoms with Crippen LogP contribution in [-0.2, 0) is 14.6 Å². The van der Waals surface area contributed by atoms with Gasteiger partial charge in [0.25, 0.3) is 5.12 Å². The van der Waals surface area contributed by atoms with Crippen molar-refractivity contribution < 1.29 is 18.3 Å². The van der Waals surface area contributed by atoms with Gasteiger partial charge in [-0.05, 0) is 19.1 Å². The van der Waals surface area contributed by atoms with Crippen LogP contribution in [0.1, 0.15) is 6.92 Å². The van der Waals surface area contributed by atoms with Gasteiger partial charge < -0.3 is 10.4 Å². The molecule has 1 heterocycles. The summed E-state index contributed by atoms with van der Waals surface area (Å²) in [4.78, 5) is 11.1. The van der Waals surface area contributed by atoms with Crippen molar-refractivity contribution in [2.75, 3.05) is 5.32 Å². The molecule has 0 amide bonds. The average Bonchev–Trinajstić information content (AvgIpc) is 2.14. The summed E-state index contributed by atoms with van der Waals surface area (Å²) < 4.78 is 23.4. The van der Waals surface area contributed by atoms with Gasteiger partial charge in [0.15, 0.2) is 0 Å². The van der Waals surface area contributed by atoms with Gasteiger partial charge in [0.05, 0.1) is 11.7 Å². The molecule has 1 unspecified atom stereocenters. The molecule has 5 nitrogen and oxygen atoms in total. The lowest BCUT2D eigenvalue weighted by Crippen LogP contribution is -2.37. The van der Waals surface area contributed by atoms with Crippen LogP contribution >= 0.6 is 0 Å². The Labute approximate surface area is 86.7 Å². The van der Waals surface area contributed by atoms with Crippen molar-refractivity contribution in [3.05, 3.63) is 18.2 Å². The summed E-state index contributed by atoms with van der Waals surface area (Å²) in [5, 5.41) is 11.2. The number of hydrogen-bond acceptors (Lipinski definition) is 5. The Bertz CT molecular complexity index is 535. The number of hydrogen-bond donors (Lipinski definition) is 2. The summed E-state index contributed by atoms with van der Waals surface area (Å²) in [6.07, 6.45) is 0. The Hall–Kier alpha value is -1.56. The number of fused-ring (bicyclic) bond motifs is 1. The van der Waals surface area contributed by atoms with Gasteiger partial charge in [-0.1, -0.05) is 6.07 Å². The van der Waals surface area contributed by atoms with E-state index < -0.39 is 26.7 Å². The van der Waals surface area contributed by atoms with Crippen molar-refractivity contribution >= 4 is 20.6 Å². The Morgan fingerprint density at radius 3 is 2.73 bits per heavy atom. The zero-order chi connectivity index (χ0) is 11.2. The molecular formula is C9H9NO4S. The first kappa shape index (κ1) is 9.97. The van der Waals surface area contributed by atoms with Gasteiger partial charge in [-0.2, -0.15) is 0 Å². The predicted molar refractivity (Wildman–Crippen MR) is 53.4 cm³/mol.